The van der Waals surface area contributed by atoms with Gasteiger partial charge in [-0.15, -0.1) is 0 Å². The highest BCUT2D eigenvalue weighted by molar-refractivity contribution is 7.45. The first-order chi connectivity index (χ1) is 25.5. The fourth-order valence-electron chi connectivity index (χ4n) is 6.34. The lowest BCUT2D eigenvalue weighted by Crippen LogP contribution is -2.45. The van der Waals surface area contributed by atoms with Gasteiger partial charge in [-0.05, 0) is 32.1 Å². The number of quaternary nitrogens is 1. The minimum Gasteiger partial charge on any atom is -0.756 e. The molecule has 0 bridgehead atoms. The molecule has 0 saturated heterocycles. The van der Waals surface area contributed by atoms with E-state index in [4.69, 9.17) is 9.05 Å². The van der Waals surface area contributed by atoms with Crippen LogP contribution in [0.25, 0.3) is 0 Å². The number of amides is 1. The molecule has 8 nitrogen and oxygen atoms in total. The number of hydrogen-bond donors (Lipinski definition) is 2. The maximum Gasteiger partial charge on any atom is 0.268 e. The number of allylic oxidation sites excluding steroid dienone is 3. The summed E-state index contributed by atoms with van der Waals surface area (Å²) in [6.07, 6.45) is 42.4. The first-order valence-corrected chi connectivity index (χ1v) is 23.7. The van der Waals surface area contributed by atoms with Crippen LogP contribution < -0.4 is 10.2 Å². The number of rotatable bonds is 40. The predicted octanol–water partition coefficient (Wildman–Crippen LogP) is 11.5. The number of likely N-dealkylation sites (N-methyl/N-ethyl adjacent to an activating group) is 1. The van der Waals surface area contributed by atoms with Crippen LogP contribution in [0.4, 0.5) is 0 Å². The van der Waals surface area contributed by atoms with Crippen LogP contribution in [0.2, 0.25) is 0 Å². The highest BCUT2D eigenvalue weighted by Crippen LogP contribution is 2.38. The standard InChI is InChI=1S/C44H87N2O6P/c1-6-8-10-12-14-16-18-19-20-21-22-23-24-25-26-27-28-30-32-34-36-38-44(48)45-42(41-52-53(49,50)51-40-39-46(3,4)5)43(47)37-35-33-31-29-17-15-13-11-9-7-2/h17,29,35,37,42-43,47H,6-16,18-28,30-34,36,38-41H2,1-5H3,(H-,45,48,49,50)/b29-17+,37-35+/t42-,43+/m0/s1. The molecule has 1 amide bonds. The van der Waals surface area contributed by atoms with Gasteiger partial charge in [-0.1, -0.05) is 186 Å². The minimum atomic E-state index is -4.59. The summed E-state index contributed by atoms with van der Waals surface area (Å²) < 4.78 is 23.1. The zero-order chi connectivity index (χ0) is 39.3. The van der Waals surface area contributed by atoms with Crippen molar-refractivity contribution in [1.29, 1.82) is 0 Å². The number of carbonyl (C=O) groups excluding carboxylic acids is 1. The molecular weight excluding hydrogens is 683 g/mol. The Kier molecular flexibility index (Phi) is 35.9. The summed E-state index contributed by atoms with van der Waals surface area (Å²) in [4.78, 5) is 25.2. The van der Waals surface area contributed by atoms with Gasteiger partial charge in [-0.25, -0.2) is 0 Å². The fourth-order valence-corrected chi connectivity index (χ4v) is 7.07. The Morgan fingerprint density at radius 3 is 1.53 bits per heavy atom. The van der Waals surface area contributed by atoms with E-state index < -0.39 is 20.0 Å². The van der Waals surface area contributed by atoms with E-state index in [1.165, 1.54) is 141 Å². The Morgan fingerprint density at radius 2 is 1.06 bits per heavy atom. The largest absolute Gasteiger partial charge is 0.756 e. The molecule has 1 unspecified atom stereocenters. The van der Waals surface area contributed by atoms with Crippen LogP contribution in [0.5, 0.6) is 0 Å². The normalized spacial score (nSPS) is 14.6. The summed E-state index contributed by atoms with van der Waals surface area (Å²) in [7, 11) is 1.25. The summed E-state index contributed by atoms with van der Waals surface area (Å²) >= 11 is 0. The van der Waals surface area contributed by atoms with Crippen molar-refractivity contribution in [2.45, 2.75) is 212 Å². The third kappa shape index (κ3) is 39.0. The molecule has 0 aromatic rings. The van der Waals surface area contributed by atoms with Crippen molar-refractivity contribution in [3.05, 3.63) is 24.3 Å². The topological polar surface area (TPSA) is 108 Å². The van der Waals surface area contributed by atoms with Crippen molar-refractivity contribution in [2.75, 3.05) is 40.9 Å². The average Bonchev–Trinajstić information content (AvgIpc) is 3.10. The monoisotopic (exact) mass is 771 g/mol. The van der Waals surface area contributed by atoms with Crippen LogP contribution >= 0.6 is 7.82 Å². The number of carbonyl (C=O) groups is 1. The summed E-state index contributed by atoms with van der Waals surface area (Å²) in [5, 5.41) is 13.7. The maximum atomic E-state index is 12.8. The van der Waals surface area contributed by atoms with E-state index in [2.05, 4.69) is 31.3 Å². The molecule has 0 aliphatic rings. The van der Waals surface area contributed by atoms with Crippen molar-refractivity contribution >= 4 is 13.7 Å². The molecule has 3 atom stereocenters. The van der Waals surface area contributed by atoms with Crippen molar-refractivity contribution in [1.82, 2.24) is 5.32 Å². The molecule has 0 aliphatic heterocycles. The molecule has 314 valence electrons. The second-order valence-corrected chi connectivity index (χ2v) is 17.8. The number of phosphoric ester groups is 1. The second-order valence-electron chi connectivity index (χ2n) is 16.4. The summed E-state index contributed by atoms with van der Waals surface area (Å²) in [6.45, 7) is 4.59. The molecule has 0 spiro atoms. The first-order valence-electron chi connectivity index (χ1n) is 22.2. The zero-order valence-electron chi connectivity index (χ0n) is 35.5. The molecule has 0 aromatic heterocycles. The van der Waals surface area contributed by atoms with Crippen LogP contribution in [-0.4, -0.2) is 68.5 Å². The SMILES string of the molecule is CCCCCC/C=C/CC/C=C/[C@@H](O)[C@H](COP(=O)([O-])OCC[N+](C)(C)C)NC(=O)CCCCCCCCCCCCCCCCCCCCCCC. The van der Waals surface area contributed by atoms with E-state index in [0.717, 1.165) is 38.5 Å². The molecule has 0 rings (SSSR count). The number of nitrogens with zero attached hydrogens (tertiary/aromatic N) is 1. The lowest BCUT2D eigenvalue weighted by molar-refractivity contribution is -0.870. The van der Waals surface area contributed by atoms with Gasteiger partial charge in [-0.2, -0.15) is 0 Å². The van der Waals surface area contributed by atoms with E-state index in [1.54, 1.807) is 6.08 Å². The Morgan fingerprint density at radius 1 is 0.642 bits per heavy atom. The lowest BCUT2D eigenvalue weighted by Gasteiger charge is -2.29. The van der Waals surface area contributed by atoms with Gasteiger partial charge >= 0.3 is 0 Å². The van der Waals surface area contributed by atoms with E-state index >= 15 is 0 Å². The molecule has 0 aromatic carbocycles. The molecule has 0 radical (unpaired) electrons. The Labute approximate surface area is 328 Å². The maximum absolute atomic E-state index is 12.8. The van der Waals surface area contributed by atoms with Crippen molar-refractivity contribution in [3.63, 3.8) is 0 Å². The van der Waals surface area contributed by atoms with Crippen LogP contribution in [0.3, 0.4) is 0 Å². The summed E-state index contributed by atoms with van der Waals surface area (Å²) in [6, 6.07) is -0.896. The van der Waals surface area contributed by atoms with E-state index in [9.17, 15) is 19.4 Å². The molecule has 53 heavy (non-hydrogen) atoms. The van der Waals surface area contributed by atoms with Crippen molar-refractivity contribution in [2.24, 2.45) is 0 Å². The Hall–Kier alpha value is -1.02. The number of hydrogen-bond acceptors (Lipinski definition) is 6. The van der Waals surface area contributed by atoms with Crippen molar-refractivity contribution < 1.29 is 32.9 Å². The van der Waals surface area contributed by atoms with Gasteiger partial charge in [-0.3, -0.25) is 9.36 Å². The van der Waals surface area contributed by atoms with Gasteiger partial charge in [0, 0.05) is 6.42 Å². The molecule has 2 N–H and O–H groups in total. The highest BCUT2D eigenvalue weighted by atomic mass is 31.2. The van der Waals surface area contributed by atoms with E-state index in [-0.39, 0.29) is 19.1 Å². The van der Waals surface area contributed by atoms with Gasteiger partial charge in [0.05, 0.1) is 39.9 Å². The van der Waals surface area contributed by atoms with Gasteiger partial charge in [0.1, 0.15) is 13.2 Å². The summed E-state index contributed by atoms with van der Waals surface area (Å²) in [5.41, 5.74) is 0. The Bertz CT molecular complexity index is 922. The molecule has 0 saturated carbocycles. The predicted molar refractivity (Wildman–Crippen MR) is 224 cm³/mol. The summed E-state index contributed by atoms with van der Waals surface area (Å²) in [5.74, 6) is -0.207. The molecule has 0 fully saturated rings. The van der Waals surface area contributed by atoms with Crippen LogP contribution in [0.1, 0.15) is 200 Å². The van der Waals surface area contributed by atoms with Gasteiger partial charge < -0.3 is 28.8 Å². The molecule has 0 aliphatic carbocycles. The molecular formula is C44H87N2O6P. The second kappa shape index (κ2) is 36.6. The van der Waals surface area contributed by atoms with Crippen LogP contribution in [0.15, 0.2) is 24.3 Å². The van der Waals surface area contributed by atoms with Gasteiger partial charge in [0.15, 0.2) is 0 Å². The van der Waals surface area contributed by atoms with Gasteiger partial charge in [0.2, 0.25) is 5.91 Å². The molecule has 0 heterocycles. The van der Waals surface area contributed by atoms with Gasteiger partial charge in [0.25, 0.3) is 7.82 Å². The average molecular weight is 771 g/mol. The minimum absolute atomic E-state index is 0.00461. The number of phosphoric acid groups is 1. The van der Waals surface area contributed by atoms with Crippen molar-refractivity contribution in [3.8, 4) is 0 Å². The number of aliphatic hydroxyl groups excluding tert-OH is 1. The number of nitrogens with one attached hydrogen (secondary N) is 1. The first kappa shape index (κ1) is 52.0. The molecule has 9 heteroatoms. The third-order valence-electron chi connectivity index (χ3n) is 9.91. The Balaban J connectivity index is 4.27. The van der Waals surface area contributed by atoms with E-state index in [1.807, 2.05) is 27.2 Å². The third-order valence-corrected chi connectivity index (χ3v) is 10.9. The quantitative estimate of drug-likeness (QED) is 0.0278. The zero-order valence-corrected chi connectivity index (χ0v) is 36.4. The van der Waals surface area contributed by atoms with Crippen LogP contribution in [0, 0.1) is 0 Å². The number of unbranched alkanes of at least 4 members (excludes halogenated alkanes) is 25. The van der Waals surface area contributed by atoms with Crippen LogP contribution in [-0.2, 0) is 18.4 Å². The smallest absolute Gasteiger partial charge is 0.268 e. The fraction of sp³-hybridized carbons (Fsp3) is 0.886. The number of aliphatic hydroxyl groups is 1. The lowest BCUT2D eigenvalue weighted by atomic mass is 10.0. The highest BCUT2D eigenvalue weighted by Gasteiger charge is 2.23. The van der Waals surface area contributed by atoms with E-state index in [0.29, 0.717) is 17.4 Å².